The van der Waals surface area contributed by atoms with Crippen LogP contribution in [0, 0.1) is 11.7 Å². The zero-order valence-corrected chi connectivity index (χ0v) is 13.0. The predicted molar refractivity (Wildman–Crippen MR) is 78.1 cm³/mol. The second-order valence-electron chi connectivity index (χ2n) is 7.39. The van der Waals surface area contributed by atoms with Gasteiger partial charge in [0.25, 0.3) is 0 Å². The molecule has 0 bridgehead atoms. The van der Waals surface area contributed by atoms with Gasteiger partial charge in [0.05, 0.1) is 16.8 Å². The average Bonchev–Trinajstić information content (AvgIpc) is 2.46. The van der Waals surface area contributed by atoms with Crippen LogP contribution in [-0.2, 0) is 11.2 Å². The lowest BCUT2D eigenvalue weighted by Gasteiger charge is -2.37. The molecule has 2 atom stereocenters. The van der Waals surface area contributed by atoms with E-state index in [0.29, 0.717) is 6.42 Å². The number of hydrogen-bond acceptors (Lipinski definition) is 2. The van der Waals surface area contributed by atoms with E-state index in [9.17, 15) is 9.50 Å². The summed E-state index contributed by atoms with van der Waals surface area (Å²) in [6, 6.07) is 6.44. The summed E-state index contributed by atoms with van der Waals surface area (Å²) in [6.45, 7) is 9.97. The van der Waals surface area contributed by atoms with Crippen LogP contribution < -0.4 is 0 Å². The summed E-state index contributed by atoms with van der Waals surface area (Å²) >= 11 is 0. The van der Waals surface area contributed by atoms with Gasteiger partial charge in [-0.25, -0.2) is 4.39 Å². The van der Waals surface area contributed by atoms with Crippen molar-refractivity contribution < 1.29 is 14.2 Å². The maximum atomic E-state index is 13.3. The molecule has 1 aliphatic heterocycles. The van der Waals surface area contributed by atoms with E-state index in [1.807, 2.05) is 40.7 Å². The molecule has 2 rings (SSSR count). The lowest BCUT2D eigenvalue weighted by atomic mass is 9.73. The summed E-state index contributed by atoms with van der Waals surface area (Å²) in [5, 5.41) is 10.9. The van der Waals surface area contributed by atoms with Gasteiger partial charge in [0.15, 0.2) is 0 Å². The Bertz CT molecular complexity index is 492. The minimum absolute atomic E-state index is 0.00765. The molecule has 1 aromatic rings. The summed E-state index contributed by atoms with van der Waals surface area (Å²) in [5.74, 6) is -0.256. The molecule has 1 fully saturated rings. The molecule has 0 radical (unpaired) electrons. The van der Waals surface area contributed by atoms with Crippen molar-refractivity contribution >= 4 is 0 Å². The second-order valence-corrected chi connectivity index (χ2v) is 7.39. The fourth-order valence-electron chi connectivity index (χ4n) is 3.71. The highest BCUT2D eigenvalue weighted by Gasteiger charge is 2.53. The molecule has 1 heterocycles. The second kappa shape index (κ2) is 4.81. The van der Waals surface area contributed by atoms with Gasteiger partial charge in [-0.1, -0.05) is 12.1 Å². The van der Waals surface area contributed by atoms with Gasteiger partial charge in [-0.2, -0.15) is 0 Å². The van der Waals surface area contributed by atoms with Gasteiger partial charge in [-0.15, -0.1) is 0 Å². The molecule has 0 amide bonds. The number of aliphatic hydroxyl groups is 1. The molecule has 0 aliphatic carbocycles. The van der Waals surface area contributed by atoms with E-state index >= 15 is 0 Å². The van der Waals surface area contributed by atoms with Crippen molar-refractivity contribution in [2.45, 2.75) is 64.3 Å². The molecule has 0 saturated carbocycles. The quantitative estimate of drug-likeness (QED) is 0.914. The molecule has 3 heteroatoms. The Hall–Kier alpha value is -0.930. The van der Waals surface area contributed by atoms with Crippen molar-refractivity contribution in [2.24, 2.45) is 5.92 Å². The van der Waals surface area contributed by atoms with Crippen molar-refractivity contribution in [1.82, 2.24) is 0 Å². The van der Waals surface area contributed by atoms with Crippen LogP contribution in [0.15, 0.2) is 24.3 Å². The lowest BCUT2D eigenvalue weighted by molar-refractivity contribution is -0.108. The van der Waals surface area contributed by atoms with Crippen molar-refractivity contribution in [3.8, 4) is 0 Å². The van der Waals surface area contributed by atoms with Gasteiger partial charge in [0.2, 0.25) is 0 Å². The summed E-state index contributed by atoms with van der Waals surface area (Å²) in [4.78, 5) is 0. The first-order valence-corrected chi connectivity index (χ1v) is 7.19. The lowest BCUT2D eigenvalue weighted by Crippen LogP contribution is -2.46. The molecular weight excluding hydrogens is 255 g/mol. The number of benzene rings is 1. The highest BCUT2D eigenvalue weighted by atomic mass is 19.1. The van der Waals surface area contributed by atoms with Crippen molar-refractivity contribution in [3.05, 3.63) is 35.6 Å². The van der Waals surface area contributed by atoms with Gasteiger partial charge in [0, 0.05) is 12.3 Å². The molecular formula is C17H25FO2. The third-order valence-corrected chi connectivity index (χ3v) is 4.28. The largest absolute Gasteiger partial charge is 0.389 e. The van der Waals surface area contributed by atoms with Crippen LogP contribution in [0.3, 0.4) is 0 Å². The molecule has 1 aliphatic rings. The van der Waals surface area contributed by atoms with Crippen LogP contribution in [0.4, 0.5) is 4.39 Å². The Kier molecular flexibility index (Phi) is 3.72. The smallest absolute Gasteiger partial charge is 0.123 e. The number of ether oxygens (including phenoxy) is 1. The molecule has 2 nitrogen and oxygen atoms in total. The van der Waals surface area contributed by atoms with Crippen LogP contribution in [0.25, 0.3) is 0 Å². The molecule has 20 heavy (non-hydrogen) atoms. The van der Waals surface area contributed by atoms with E-state index < -0.39 is 5.60 Å². The molecule has 0 aromatic heterocycles. The fraction of sp³-hybridized carbons (Fsp3) is 0.647. The summed E-state index contributed by atoms with van der Waals surface area (Å²) in [5.41, 5.74) is -0.735. The van der Waals surface area contributed by atoms with Crippen LogP contribution >= 0.6 is 0 Å². The van der Waals surface area contributed by atoms with Gasteiger partial charge >= 0.3 is 0 Å². The first-order valence-electron chi connectivity index (χ1n) is 7.19. The van der Waals surface area contributed by atoms with E-state index in [0.717, 1.165) is 12.0 Å². The number of halogens is 1. The highest BCUT2D eigenvalue weighted by molar-refractivity contribution is 5.19. The van der Waals surface area contributed by atoms with E-state index in [1.54, 1.807) is 6.07 Å². The zero-order valence-electron chi connectivity index (χ0n) is 13.0. The summed E-state index contributed by atoms with van der Waals surface area (Å²) < 4.78 is 19.4. The summed E-state index contributed by atoms with van der Waals surface area (Å²) in [6.07, 6.45) is 1.22. The van der Waals surface area contributed by atoms with Crippen LogP contribution in [0.2, 0.25) is 0 Å². The molecule has 112 valence electrons. The molecule has 1 saturated heterocycles. The Morgan fingerprint density at radius 1 is 1.35 bits per heavy atom. The third-order valence-electron chi connectivity index (χ3n) is 4.28. The minimum Gasteiger partial charge on any atom is -0.389 e. The van der Waals surface area contributed by atoms with Gasteiger partial charge < -0.3 is 9.84 Å². The highest BCUT2D eigenvalue weighted by Crippen LogP contribution is 2.47. The van der Waals surface area contributed by atoms with E-state index in [-0.39, 0.29) is 22.9 Å². The Morgan fingerprint density at radius 2 is 2.00 bits per heavy atom. The Morgan fingerprint density at radius 3 is 2.50 bits per heavy atom. The average molecular weight is 280 g/mol. The predicted octanol–water partition coefficient (Wildman–Crippen LogP) is 3.71. The third kappa shape index (κ3) is 3.21. The van der Waals surface area contributed by atoms with Crippen molar-refractivity contribution in [2.75, 3.05) is 0 Å². The van der Waals surface area contributed by atoms with E-state index in [4.69, 9.17) is 4.74 Å². The minimum atomic E-state index is -0.926. The normalized spacial score (nSPS) is 27.2. The fourth-order valence-corrected chi connectivity index (χ4v) is 3.71. The first-order chi connectivity index (χ1) is 9.02. The van der Waals surface area contributed by atoms with Crippen molar-refractivity contribution in [1.29, 1.82) is 0 Å². The number of rotatable bonds is 3. The van der Waals surface area contributed by atoms with Crippen LogP contribution in [0.5, 0.6) is 0 Å². The van der Waals surface area contributed by atoms with Gasteiger partial charge in [-0.05, 0) is 58.7 Å². The van der Waals surface area contributed by atoms with Crippen molar-refractivity contribution in [3.63, 3.8) is 0 Å². The maximum Gasteiger partial charge on any atom is 0.123 e. The number of hydrogen-bond donors (Lipinski definition) is 1. The summed E-state index contributed by atoms with van der Waals surface area (Å²) in [7, 11) is 0. The Labute approximate surface area is 121 Å². The van der Waals surface area contributed by atoms with Crippen LogP contribution in [0.1, 0.15) is 46.6 Å². The standard InChI is InChI=1S/C17H25FO2/c1-15(2)11-14(16(3,4)20-15)17(5,19)10-12-7-6-8-13(18)9-12/h6-9,14,19H,10-11H2,1-5H3. The van der Waals surface area contributed by atoms with E-state index in [2.05, 4.69) is 0 Å². The maximum absolute atomic E-state index is 13.3. The molecule has 1 N–H and O–H groups in total. The first kappa shape index (κ1) is 15.5. The molecule has 1 aromatic carbocycles. The molecule has 0 spiro atoms. The van der Waals surface area contributed by atoms with Crippen LogP contribution in [-0.4, -0.2) is 21.9 Å². The monoisotopic (exact) mass is 280 g/mol. The SMILES string of the molecule is CC1(C)CC(C(C)(O)Cc2cccc(F)c2)C(C)(C)O1. The van der Waals surface area contributed by atoms with Gasteiger partial charge in [0.1, 0.15) is 5.82 Å². The topological polar surface area (TPSA) is 29.5 Å². The van der Waals surface area contributed by atoms with Gasteiger partial charge in [-0.3, -0.25) is 0 Å². The molecule has 2 unspecified atom stereocenters. The zero-order chi connectivity index (χ0) is 15.2. The van der Waals surface area contributed by atoms with E-state index in [1.165, 1.54) is 12.1 Å². The Balaban J connectivity index is 2.22.